The molecule has 0 radical (unpaired) electrons. The van der Waals surface area contributed by atoms with Crippen molar-refractivity contribution in [1.82, 2.24) is 0 Å². The van der Waals surface area contributed by atoms with Gasteiger partial charge in [-0.1, -0.05) is 6.08 Å². The molecule has 1 aliphatic heterocycles. The first-order valence-electron chi connectivity index (χ1n) is 6.82. The maximum absolute atomic E-state index is 12.2. The summed E-state index contributed by atoms with van der Waals surface area (Å²) in [6.07, 6.45) is 8.73. The van der Waals surface area contributed by atoms with E-state index in [1.54, 1.807) is 30.5 Å². The van der Waals surface area contributed by atoms with E-state index in [9.17, 15) is 4.79 Å². The molecule has 0 saturated carbocycles. The highest BCUT2D eigenvalue weighted by molar-refractivity contribution is 6.07. The lowest BCUT2D eigenvalue weighted by Crippen LogP contribution is -2.27. The first-order valence-corrected chi connectivity index (χ1v) is 6.82. The smallest absolute Gasteiger partial charge is 0.185 e. The van der Waals surface area contributed by atoms with Crippen molar-refractivity contribution in [3.8, 4) is 5.75 Å². The average Bonchev–Trinajstić information content (AvgIpc) is 2.96. The van der Waals surface area contributed by atoms with Crippen LogP contribution in [0.4, 0.5) is 0 Å². The monoisotopic (exact) mass is 280 g/mol. The molecule has 0 atom stereocenters. The average molecular weight is 280 g/mol. The van der Waals surface area contributed by atoms with E-state index in [4.69, 9.17) is 9.15 Å². The van der Waals surface area contributed by atoms with Gasteiger partial charge in [0.1, 0.15) is 17.1 Å². The van der Waals surface area contributed by atoms with Gasteiger partial charge in [-0.25, -0.2) is 0 Å². The lowest BCUT2D eigenvalue weighted by Gasteiger charge is -2.27. The van der Waals surface area contributed by atoms with Gasteiger partial charge in [0.05, 0.1) is 6.26 Å². The van der Waals surface area contributed by atoms with E-state index in [2.05, 4.69) is 0 Å². The lowest BCUT2D eigenvalue weighted by molar-refractivity contribution is 0.104. The van der Waals surface area contributed by atoms with Crippen LogP contribution < -0.4 is 4.74 Å². The Bertz CT molecular complexity index is 719. The van der Waals surface area contributed by atoms with E-state index in [0.29, 0.717) is 11.3 Å². The van der Waals surface area contributed by atoms with Gasteiger partial charge < -0.3 is 9.15 Å². The molecule has 0 spiro atoms. The number of ketones is 1. The lowest BCUT2D eigenvalue weighted by atomic mass is 9.99. The molecule has 3 nitrogen and oxygen atoms in total. The Balaban J connectivity index is 1.83. The van der Waals surface area contributed by atoms with Crippen LogP contribution in [0, 0.1) is 0 Å². The van der Waals surface area contributed by atoms with Gasteiger partial charge in [-0.05, 0) is 62.4 Å². The summed E-state index contributed by atoms with van der Waals surface area (Å²) in [4.78, 5) is 12.2. The minimum atomic E-state index is -0.308. The van der Waals surface area contributed by atoms with Crippen LogP contribution in [-0.4, -0.2) is 11.4 Å². The quantitative estimate of drug-likeness (QED) is 0.619. The minimum absolute atomic E-state index is 0.0626. The summed E-state index contributed by atoms with van der Waals surface area (Å²) < 4.78 is 11.0. The van der Waals surface area contributed by atoms with Crippen molar-refractivity contribution < 1.29 is 13.9 Å². The van der Waals surface area contributed by atoms with Crippen LogP contribution in [0.25, 0.3) is 12.2 Å². The summed E-state index contributed by atoms with van der Waals surface area (Å²) in [7, 11) is 0. The SMILES string of the molecule is CC1(C)C=Cc2cc(C(=O)/C=C/c3ccco3)ccc2O1. The predicted octanol–water partition coefficient (Wildman–Crippen LogP) is 4.36. The maximum atomic E-state index is 12.2. The van der Waals surface area contributed by atoms with Gasteiger partial charge in [-0.3, -0.25) is 4.79 Å². The highest BCUT2D eigenvalue weighted by atomic mass is 16.5. The van der Waals surface area contributed by atoms with Crippen LogP contribution >= 0.6 is 0 Å². The van der Waals surface area contributed by atoms with Crippen LogP contribution in [0.15, 0.2) is 53.2 Å². The van der Waals surface area contributed by atoms with Crippen molar-refractivity contribution in [2.75, 3.05) is 0 Å². The highest BCUT2D eigenvalue weighted by Gasteiger charge is 2.21. The predicted molar refractivity (Wildman–Crippen MR) is 82.3 cm³/mol. The summed E-state index contributed by atoms with van der Waals surface area (Å²) in [5, 5.41) is 0. The Morgan fingerprint density at radius 2 is 2.10 bits per heavy atom. The molecule has 0 bridgehead atoms. The third-order valence-electron chi connectivity index (χ3n) is 3.27. The number of benzene rings is 1. The van der Waals surface area contributed by atoms with Gasteiger partial charge in [0, 0.05) is 11.1 Å². The zero-order valence-corrected chi connectivity index (χ0v) is 12.0. The fourth-order valence-corrected chi connectivity index (χ4v) is 2.17. The van der Waals surface area contributed by atoms with Crippen molar-refractivity contribution in [3.05, 3.63) is 65.6 Å². The summed E-state index contributed by atoms with van der Waals surface area (Å²) in [5.74, 6) is 1.40. The van der Waals surface area contributed by atoms with E-state index >= 15 is 0 Å². The number of furan rings is 1. The van der Waals surface area contributed by atoms with Crippen LogP contribution in [0.5, 0.6) is 5.75 Å². The van der Waals surface area contributed by atoms with E-state index in [0.717, 1.165) is 11.3 Å². The molecule has 106 valence electrons. The molecule has 1 aromatic heterocycles. The number of allylic oxidation sites excluding steroid dienone is 1. The molecular formula is C18H16O3. The number of carbonyl (C=O) groups is 1. The summed E-state index contributed by atoms with van der Waals surface area (Å²) >= 11 is 0. The van der Waals surface area contributed by atoms with E-state index in [-0.39, 0.29) is 11.4 Å². The molecular weight excluding hydrogens is 264 g/mol. The number of ether oxygens (including phenoxy) is 1. The molecule has 1 aliphatic rings. The minimum Gasteiger partial charge on any atom is -0.483 e. The summed E-state index contributed by atoms with van der Waals surface area (Å²) in [6.45, 7) is 4.00. The van der Waals surface area contributed by atoms with Gasteiger partial charge in [0.15, 0.2) is 5.78 Å². The number of fused-ring (bicyclic) bond motifs is 1. The van der Waals surface area contributed by atoms with Crippen LogP contribution in [0.2, 0.25) is 0 Å². The molecule has 0 aliphatic carbocycles. The Hall–Kier alpha value is -2.55. The van der Waals surface area contributed by atoms with Crippen molar-refractivity contribution in [2.45, 2.75) is 19.4 Å². The van der Waals surface area contributed by atoms with Crippen molar-refractivity contribution >= 4 is 17.9 Å². The van der Waals surface area contributed by atoms with Gasteiger partial charge in [0.25, 0.3) is 0 Å². The summed E-state index contributed by atoms with van der Waals surface area (Å²) in [5.41, 5.74) is 1.24. The molecule has 3 heteroatoms. The van der Waals surface area contributed by atoms with Gasteiger partial charge >= 0.3 is 0 Å². The molecule has 3 rings (SSSR count). The zero-order chi connectivity index (χ0) is 14.9. The first-order chi connectivity index (χ1) is 10.0. The molecule has 0 unspecified atom stereocenters. The summed E-state index contributed by atoms with van der Waals surface area (Å²) in [6, 6.07) is 9.05. The van der Waals surface area contributed by atoms with Crippen molar-refractivity contribution in [3.63, 3.8) is 0 Å². The Kier molecular flexibility index (Phi) is 3.26. The largest absolute Gasteiger partial charge is 0.483 e. The van der Waals surface area contributed by atoms with Crippen molar-refractivity contribution in [1.29, 1.82) is 0 Å². The van der Waals surface area contributed by atoms with Gasteiger partial charge in [0.2, 0.25) is 0 Å². The topological polar surface area (TPSA) is 39.4 Å². The van der Waals surface area contributed by atoms with Crippen LogP contribution in [0.3, 0.4) is 0 Å². The van der Waals surface area contributed by atoms with Gasteiger partial charge in [-0.2, -0.15) is 0 Å². The first kappa shape index (κ1) is 13.4. The second-order valence-corrected chi connectivity index (χ2v) is 5.50. The third-order valence-corrected chi connectivity index (χ3v) is 3.27. The Morgan fingerprint density at radius 3 is 2.86 bits per heavy atom. The zero-order valence-electron chi connectivity index (χ0n) is 12.0. The van der Waals surface area contributed by atoms with E-state index in [1.807, 2.05) is 38.1 Å². The van der Waals surface area contributed by atoms with E-state index in [1.165, 1.54) is 6.08 Å². The molecule has 0 N–H and O–H groups in total. The number of rotatable bonds is 3. The molecule has 1 aromatic carbocycles. The van der Waals surface area contributed by atoms with Crippen LogP contribution in [0.1, 0.15) is 35.5 Å². The normalized spacial score (nSPS) is 15.7. The number of carbonyl (C=O) groups excluding carboxylic acids is 1. The molecule has 2 aromatic rings. The molecule has 21 heavy (non-hydrogen) atoms. The standard InChI is InChI=1S/C18H16O3/c1-18(2)10-9-14-12-13(5-8-17(14)21-18)16(19)7-6-15-4-3-11-20-15/h3-12H,1-2H3/b7-6+. The molecule has 2 heterocycles. The fraction of sp³-hybridized carbons (Fsp3) is 0.167. The number of hydrogen-bond donors (Lipinski definition) is 0. The molecule has 0 fully saturated rings. The second-order valence-electron chi connectivity index (χ2n) is 5.50. The van der Waals surface area contributed by atoms with Crippen LogP contribution in [-0.2, 0) is 0 Å². The van der Waals surface area contributed by atoms with Crippen molar-refractivity contribution in [2.24, 2.45) is 0 Å². The second kappa shape index (κ2) is 5.09. The third kappa shape index (κ3) is 2.97. The van der Waals surface area contributed by atoms with E-state index < -0.39 is 0 Å². The van der Waals surface area contributed by atoms with Gasteiger partial charge in [-0.15, -0.1) is 0 Å². The fourth-order valence-electron chi connectivity index (χ4n) is 2.17. The molecule has 0 saturated heterocycles. The Labute approximate surface area is 123 Å². The number of hydrogen-bond acceptors (Lipinski definition) is 3. The maximum Gasteiger partial charge on any atom is 0.185 e. The molecule has 0 amide bonds. The highest BCUT2D eigenvalue weighted by Crippen LogP contribution is 2.31. The Morgan fingerprint density at radius 1 is 1.24 bits per heavy atom.